The summed E-state index contributed by atoms with van der Waals surface area (Å²) in [4.78, 5) is 9.33. The molecule has 0 aliphatic carbocycles. The van der Waals surface area contributed by atoms with Gasteiger partial charge in [-0.3, -0.25) is 0 Å². The Morgan fingerprint density at radius 3 is 2.77 bits per heavy atom. The SMILES string of the molecule is Nc1ncc(N2CCCC2)[nH]c1=S. The van der Waals surface area contributed by atoms with Gasteiger partial charge in [-0.15, -0.1) is 0 Å². The molecule has 0 radical (unpaired) electrons. The van der Waals surface area contributed by atoms with Crippen LogP contribution in [0.1, 0.15) is 12.8 Å². The predicted molar refractivity (Wildman–Crippen MR) is 55.3 cm³/mol. The van der Waals surface area contributed by atoms with Crippen molar-refractivity contribution in [2.24, 2.45) is 0 Å². The first-order chi connectivity index (χ1) is 6.27. The summed E-state index contributed by atoms with van der Waals surface area (Å²) in [5, 5.41) is 0. The molecule has 1 fully saturated rings. The Balaban J connectivity index is 2.30. The quantitative estimate of drug-likeness (QED) is 0.665. The summed E-state index contributed by atoms with van der Waals surface area (Å²) in [6.45, 7) is 2.16. The van der Waals surface area contributed by atoms with Crippen molar-refractivity contribution in [3.8, 4) is 0 Å². The maximum atomic E-state index is 5.52. The Hall–Kier alpha value is -1.10. The summed E-state index contributed by atoms with van der Waals surface area (Å²) < 4.78 is 0.532. The fourth-order valence-electron chi connectivity index (χ4n) is 1.52. The molecule has 1 saturated heterocycles. The molecule has 0 amide bonds. The lowest BCUT2D eigenvalue weighted by Gasteiger charge is -2.16. The van der Waals surface area contributed by atoms with Gasteiger partial charge in [0.25, 0.3) is 0 Å². The molecule has 13 heavy (non-hydrogen) atoms. The van der Waals surface area contributed by atoms with Crippen LogP contribution in [0, 0.1) is 4.64 Å². The van der Waals surface area contributed by atoms with Crippen LogP contribution in [-0.2, 0) is 0 Å². The minimum atomic E-state index is 0.401. The summed E-state index contributed by atoms with van der Waals surface area (Å²) in [6, 6.07) is 0. The van der Waals surface area contributed by atoms with Gasteiger partial charge < -0.3 is 15.6 Å². The minimum Gasteiger partial charge on any atom is -0.381 e. The highest BCUT2D eigenvalue weighted by atomic mass is 32.1. The molecule has 0 spiro atoms. The van der Waals surface area contributed by atoms with Crippen LogP contribution in [0.3, 0.4) is 0 Å². The number of nitrogens with two attached hydrogens (primary N) is 1. The molecule has 1 aliphatic rings. The van der Waals surface area contributed by atoms with Crippen molar-refractivity contribution in [1.82, 2.24) is 9.97 Å². The highest BCUT2D eigenvalue weighted by Gasteiger charge is 2.12. The van der Waals surface area contributed by atoms with E-state index in [2.05, 4.69) is 14.9 Å². The summed E-state index contributed by atoms with van der Waals surface area (Å²) in [6.07, 6.45) is 4.23. The second-order valence-corrected chi connectivity index (χ2v) is 3.59. The Kier molecular flexibility index (Phi) is 2.18. The van der Waals surface area contributed by atoms with E-state index in [1.807, 2.05) is 0 Å². The van der Waals surface area contributed by atoms with Crippen LogP contribution in [0.5, 0.6) is 0 Å². The summed E-state index contributed by atoms with van der Waals surface area (Å²) in [5.74, 6) is 1.38. The molecule has 1 aromatic heterocycles. The first-order valence-electron chi connectivity index (χ1n) is 4.37. The van der Waals surface area contributed by atoms with E-state index >= 15 is 0 Å². The lowest BCUT2D eigenvalue weighted by Crippen LogP contribution is -2.19. The molecule has 4 nitrogen and oxygen atoms in total. The molecule has 5 heteroatoms. The lowest BCUT2D eigenvalue weighted by atomic mass is 10.4. The zero-order chi connectivity index (χ0) is 9.26. The highest BCUT2D eigenvalue weighted by molar-refractivity contribution is 7.71. The van der Waals surface area contributed by atoms with Crippen molar-refractivity contribution in [3.63, 3.8) is 0 Å². The maximum absolute atomic E-state index is 5.52. The van der Waals surface area contributed by atoms with Gasteiger partial charge in [0, 0.05) is 13.1 Å². The van der Waals surface area contributed by atoms with Gasteiger partial charge >= 0.3 is 0 Å². The fraction of sp³-hybridized carbons (Fsp3) is 0.500. The first kappa shape index (κ1) is 8.50. The predicted octanol–water partition coefficient (Wildman–Crippen LogP) is 1.32. The van der Waals surface area contributed by atoms with Gasteiger partial charge in [0.15, 0.2) is 5.82 Å². The van der Waals surface area contributed by atoms with E-state index < -0.39 is 0 Å². The van der Waals surface area contributed by atoms with Crippen molar-refractivity contribution in [2.45, 2.75) is 12.8 Å². The van der Waals surface area contributed by atoms with Crippen LogP contribution in [0.2, 0.25) is 0 Å². The van der Waals surface area contributed by atoms with Gasteiger partial charge in [0.1, 0.15) is 10.5 Å². The Bertz CT molecular complexity index is 353. The summed E-state index contributed by atoms with van der Waals surface area (Å²) >= 11 is 5.01. The maximum Gasteiger partial charge on any atom is 0.158 e. The number of hydrogen-bond acceptors (Lipinski definition) is 4. The molecule has 1 aliphatic heterocycles. The molecule has 0 bridgehead atoms. The Labute approximate surface area is 81.8 Å². The standard InChI is InChI=1S/C8H12N4S/c9-7-8(13)11-6(5-10-7)12-3-1-2-4-12/h5H,1-4H2,(H2,9,10)(H,11,13). The molecule has 0 atom stereocenters. The van der Waals surface area contributed by atoms with E-state index in [1.165, 1.54) is 12.8 Å². The zero-order valence-corrected chi connectivity index (χ0v) is 8.10. The first-order valence-corrected chi connectivity index (χ1v) is 4.78. The zero-order valence-electron chi connectivity index (χ0n) is 7.29. The molecule has 0 unspecified atom stereocenters. The number of anilines is 2. The van der Waals surface area contributed by atoms with Gasteiger partial charge in [0.2, 0.25) is 0 Å². The van der Waals surface area contributed by atoms with E-state index in [9.17, 15) is 0 Å². The van der Waals surface area contributed by atoms with E-state index in [4.69, 9.17) is 18.0 Å². The van der Waals surface area contributed by atoms with Crippen LogP contribution in [0.15, 0.2) is 6.20 Å². The van der Waals surface area contributed by atoms with Crippen LogP contribution >= 0.6 is 12.2 Å². The smallest absolute Gasteiger partial charge is 0.158 e. The molecule has 2 heterocycles. The Morgan fingerprint density at radius 2 is 2.15 bits per heavy atom. The van der Waals surface area contributed by atoms with Crippen LogP contribution in [0.4, 0.5) is 11.6 Å². The van der Waals surface area contributed by atoms with Crippen molar-refractivity contribution in [1.29, 1.82) is 0 Å². The van der Waals surface area contributed by atoms with Crippen molar-refractivity contribution in [2.75, 3.05) is 23.7 Å². The lowest BCUT2D eigenvalue weighted by molar-refractivity contribution is 0.925. The molecule has 3 N–H and O–H groups in total. The topological polar surface area (TPSA) is 57.9 Å². The van der Waals surface area contributed by atoms with Crippen molar-refractivity contribution < 1.29 is 0 Å². The monoisotopic (exact) mass is 196 g/mol. The van der Waals surface area contributed by atoms with Gasteiger partial charge in [-0.25, -0.2) is 4.98 Å². The van der Waals surface area contributed by atoms with Crippen LogP contribution in [0.25, 0.3) is 0 Å². The average molecular weight is 196 g/mol. The Morgan fingerprint density at radius 1 is 1.46 bits per heavy atom. The number of H-pyrrole nitrogens is 1. The third-order valence-corrected chi connectivity index (χ3v) is 2.56. The van der Waals surface area contributed by atoms with Gasteiger partial charge in [-0.1, -0.05) is 12.2 Å². The van der Waals surface area contributed by atoms with Gasteiger partial charge in [-0.2, -0.15) is 0 Å². The molecule has 2 rings (SSSR count). The van der Waals surface area contributed by atoms with E-state index in [0.29, 0.717) is 10.5 Å². The third-order valence-electron chi connectivity index (χ3n) is 2.25. The molecule has 1 aromatic rings. The normalized spacial score (nSPS) is 16.5. The average Bonchev–Trinajstić information content (AvgIpc) is 2.62. The number of nitrogen functional groups attached to an aromatic ring is 1. The number of hydrogen-bond donors (Lipinski definition) is 2. The number of aromatic amines is 1. The van der Waals surface area contributed by atoms with Crippen LogP contribution in [-0.4, -0.2) is 23.1 Å². The fourth-order valence-corrected chi connectivity index (χ4v) is 1.68. The molecular weight excluding hydrogens is 184 g/mol. The third kappa shape index (κ3) is 1.65. The van der Waals surface area contributed by atoms with Gasteiger partial charge in [-0.05, 0) is 12.8 Å². The summed E-state index contributed by atoms with van der Waals surface area (Å²) in [7, 11) is 0. The van der Waals surface area contributed by atoms with Crippen LogP contribution < -0.4 is 10.6 Å². The van der Waals surface area contributed by atoms with E-state index in [1.54, 1.807) is 6.20 Å². The minimum absolute atomic E-state index is 0.401. The number of nitrogens with one attached hydrogen (secondary N) is 1. The summed E-state index contributed by atoms with van der Waals surface area (Å²) in [5.41, 5.74) is 5.52. The second kappa shape index (κ2) is 3.33. The van der Waals surface area contributed by atoms with Crippen molar-refractivity contribution in [3.05, 3.63) is 10.8 Å². The molecular formula is C8H12N4S. The molecule has 0 aromatic carbocycles. The molecule has 70 valence electrons. The van der Waals surface area contributed by atoms with Gasteiger partial charge in [0.05, 0.1) is 6.20 Å². The number of rotatable bonds is 1. The molecule has 0 saturated carbocycles. The number of aromatic nitrogens is 2. The highest BCUT2D eigenvalue weighted by Crippen LogP contribution is 2.17. The van der Waals surface area contributed by atoms with Crippen molar-refractivity contribution >= 4 is 23.9 Å². The second-order valence-electron chi connectivity index (χ2n) is 3.18. The van der Waals surface area contributed by atoms with E-state index in [0.717, 1.165) is 18.9 Å². The largest absolute Gasteiger partial charge is 0.381 e. The number of nitrogens with zero attached hydrogens (tertiary/aromatic N) is 2. The van der Waals surface area contributed by atoms with E-state index in [-0.39, 0.29) is 0 Å².